The van der Waals surface area contributed by atoms with Crippen molar-refractivity contribution in [2.24, 2.45) is 0 Å². The quantitative estimate of drug-likeness (QED) is 0.749. The van der Waals surface area contributed by atoms with Gasteiger partial charge in [-0.15, -0.1) is 0 Å². The number of rotatable bonds is 6. The zero-order valence-corrected chi connectivity index (χ0v) is 13.7. The second kappa shape index (κ2) is 7.22. The van der Waals surface area contributed by atoms with E-state index in [1.165, 1.54) is 0 Å². The van der Waals surface area contributed by atoms with Crippen molar-refractivity contribution in [3.05, 3.63) is 40.9 Å². The molecule has 0 saturated heterocycles. The molecule has 4 nitrogen and oxygen atoms in total. The molecule has 2 aromatic rings. The summed E-state index contributed by atoms with van der Waals surface area (Å²) < 4.78 is 11.8. The fourth-order valence-electron chi connectivity index (χ4n) is 1.86. The molecule has 3 N–H and O–H groups in total. The first-order chi connectivity index (χ1) is 10.2. The summed E-state index contributed by atoms with van der Waals surface area (Å²) in [5, 5.41) is 3.30. The van der Waals surface area contributed by atoms with Crippen LogP contribution < -0.4 is 20.5 Å². The molecule has 0 saturated carbocycles. The van der Waals surface area contributed by atoms with Crippen LogP contribution in [0.15, 0.2) is 40.9 Å². The van der Waals surface area contributed by atoms with Gasteiger partial charge in [0.1, 0.15) is 11.5 Å². The van der Waals surface area contributed by atoms with E-state index < -0.39 is 0 Å². The highest BCUT2D eigenvalue weighted by Gasteiger charge is 2.08. The third-order valence-corrected chi connectivity index (χ3v) is 3.66. The lowest BCUT2D eigenvalue weighted by Crippen LogP contribution is -2.02. The van der Waals surface area contributed by atoms with E-state index in [0.717, 1.165) is 28.0 Å². The average molecular weight is 351 g/mol. The van der Waals surface area contributed by atoms with Crippen LogP contribution in [-0.4, -0.2) is 13.7 Å². The summed E-state index contributed by atoms with van der Waals surface area (Å²) in [7, 11) is 1.64. The molecule has 0 bridgehead atoms. The number of nitrogens with one attached hydrogen (secondary N) is 1. The largest absolute Gasteiger partial charge is 0.497 e. The summed E-state index contributed by atoms with van der Waals surface area (Å²) in [5.74, 6) is 1.47. The number of methoxy groups -OCH3 is 1. The lowest BCUT2D eigenvalue weighted by molar-refractivity contribution is 0.319. The minimum Gasteiger partial charge on any atom is -0.497 e. The van der Waals surface area contributed by atoms with Gasteiger partial charge in [-0.25, -0.2) is 0 Å². The van der Waals surface area contributed by atoms with Crippen LogP contribution in [0, 0.1) is 0 Å². The van der Waals surface area contributed by atoms with Gasteiger partial charge in [-0.3, -0.25) is 0 Å². The highest BCUT2D eigenvalue weighted by atomic mass is 79.9. The Morgan fingerprint density at radius 3 is 2.71 bits per heavy atom. The maximum Gasteiger partial charge on any atom is 0.144 e. The van der Waals surface area contributed by atoms with E-state index in [4.69, 9.17) is 15.2 Å². The molecule has 2 aromatic carbocycles. The SMILES string of the molecule is CCCOc1cccc(Nc2cc(OC)ccc2Br)c1N. The van der Waals surface area contributed by atoms with Gasteiger partial charge < -0.3 is 20.5 Å². The molecule has 0 fully saturated rings. The molecule has 21 heavy (non-hydrogen) atoms. The molecule has 112 valence electrons. The number of halogens is 1. The number of hydrogen-bond donors (Lipinski definition) is 2. The Labute approximate surface area is 133 Å². The second-order valence-corrected chi connectivity index (χ2v) is 5.39. The number of anilines is 3. The Morgan fingerprint density at radius 1 is 1.19 bits per heavy atom. The molecule has 2 rings (SSSR count). The number of nitrogen functional groups attached to an aromatic ring is 1. The van der Waals surface area contributed by atoms with Gasteiger partial charge in [0, 0.05) is 10.5 Å². The van der Waals surface area contributed by atoms with Crippen LogP contribution in [0.25, 0.3) is 0 Å². The molecule has 0 aliphatic carbocycles. The topological polar surface area (TPSA) is 56.5 Å². The smallest absolute Gasteiger partial charge is 0.144 e. The lowest BCUT2D eigenvalue weighted by atomic mass is 10.2. The van der Waals surface area contributed by atoms with Crippen molar-refractivity contribution in [2.75, 3.05) is 24.8 Å². The van der Waals surface area contributed by atoms with E-state index >= 15 is 0 Å². The first-order valence-electron chi connectivity index (χ1n) is 6.77. The van der Waals surface area contributed by atoms with Crippen LogP contribution >= 0.6 is 15.9 Å². The van der Waals surface area contributed by atoms with Crippen molar-refractivity contribution < 1.29 is 9.47 Å². The van der Waals surface area contributed by atoms with Gasteiger partial charge >= 0.3 is 0 Å². The van der Waals surface area contributed by atoms with Crippen molar-refractivity contribution in [1.82, 2.24) is 0 Å². The zero-order chi connectivity index (χ0) is 15.2. The van der Waals surface area contributed by atoms with Crippen LogP contribution in [0.1, 0.15) is 13.3 Å². The molecule has 0 heterocycles. The molecule has 0 aliphatic rings. The predicted octanol–water partition coefficient (Wildman–Crippen LogP) is 4.57. The highest BCUT2D eigenvalue weighted by Crippen LogP contribution is 2.35. The van der Waals surface area contributed by atoms with Gasteiger partial charge in [0.25, 0.3) is 0 Å². The zero-order valence-electron chi connectivity index (χ0n) is 12.2. The average Bonchev–Trinajstić information content (AvgIpc) is 2.50. The summed E-state index contributed by atoms with van der Waals surface area (Å²) in [6.45, 7) is 2.71. The fraction of sp³-hybridized carbons (Fsp3) is 0.250. The summed E-state index contributed by atoms with van der Waals surface area (Å²) in [6.07, 6.45) is 0.943. The molecule has 0 atom stereocenters. The minimum atomic E-state index is 0.598. The van der Waals surface area contributed by atoms with Crippen molar-refractivity contribution in [2.45, 2.75) is 13.3 Å². The standard InChI is InChI=1S/C16H19BrN2O2/c1-3-9-21-15-6-4-5-13(16(15)18)19-14-10-11(20-2)7-8-12(14)17/h4-8,10,19H,3,9,18H2,1-2H3. The normalized spacial score (nSPS) is 10.2. The van der Waals surface area contributed by atoms with Crippen molar-refractivity contribution in [1.29, 1.82) is 0 Å². The third kappa shape index (κ3) is 3.82. The summed E-state index contributed by atoms with van der Waals surface area (Å²) in [4.78, 5) is 0. The Morgan fingerprint density at radius 2 is 2.00 bits per heavy atom. The minimum absolute atomic E-state index is 0.598. The maximum absolute atomic E-state index is 6.16. The Balaban J connectivity index is 2.27. The molecule has 0 amide bonds. The van der Waals surface area contributed by atoms with Crippen LogP contribution in [0.5, 0.6) is 11.5 Å². The molecule has 0 spiro atoms. The number of para-hydroxylation sites is 1. The van der Waals surface area contributed by atoms with E-state index in [1.807, 2.05) is 36.4 Å². The summed E-state index contributed by atoms with van der Waals surface area (Å²) >= 11 is 3.51. The van der Waals surface area contributed by atoms with Crippen molar-refractivity contribution >= 4 is 33.0 Å². The Kier molecular flexibility index (Phi) is 5.33. The molecule has 0 aromatic heterocycles. The van der Waals surface area contributed by atoms with E-state index in [0.29, 0.717) is 18.0 Å². The predicted molar refractivity (Wildman–Crippen MR) is 90.6 cm³/mol. The molecular weight excluding hydrogens is 332 g/mol. The lowest BCUT2D eigenvalue weighted by Gasteiger charge is -2.15. The number of ether oxygens (including phenoxy) is 2. The van der Waals surface area contributed by atoms with E-state index in [1.54, 1.807) is 7.11 Å². The molecular formula is C16H19BrN2O2. The first kappa shape index (κ1) is 15.5. The molecule has 5 heteroatoms. The Bertz CT molecular complexity index is 617. The van der Waals surface area contributed by atoms with Crippen LogP contribution in [0.3, 0.4) is 0 Å². The van der Waals surface area contributed by atoms with Crippen LogP contribution in [-0.2, 0) is 0 Å². The Hall–Kier alpha value is -1.88. The monoisotopic (exact) mass is 350 g/mol. The van der Waals surface area contributed by atoms with E-state index in [2.05, 4.69) is 28.2 Å². The highest BCUT2D eigenvalue weighted by molar-refractivity contribution is 9.10. The first-order valence-corrected chi connectivity index (χ1v) is 7.56. The maximum atomic E-state index is 6.16. The molecule has 0 unspecified atom stereocenters. The van der Waals surface area contributed by atoms with Crippen molar-refractivity contribution in [3.8, 4) is 11.5 Å². The van der Waals surface area contributed by atoms with E-state index in [9.17, 15) is 0 Å². The number of benzene rings is 2. The summed E-state index contributed by atoms with van der Waals surface area (Å²) in [5.41, 5.74) is 8.44. The fourth-order valence-corrected chi connectivity index (χ4v) is 2.21. The van der Waals surface area contributed by atoms with Crippen LogP contribution in [0.2, 0.25) is 0 Å². The van der Waals surface area contributed by atoms with Crippen LogP contribution in [0.4, 0.5) is 17.1 Å². The summed E-state index contributed by atoms with van der Waals surface area (Å²) in [6, 6.07) is 11.4. The third-order valence-electron chi connectivity index (χ3n) is 2.97. The van der Waals surface area contributed by atoms with Gasteiger partial charge in [0.15, 0.2) is 0 Å². The van der Waals surface area contributed by atoms with Gasteiger partial charge in [-0.1, -0.05) is 13.0 Å². The molecule has 0 radical (unpaired) electrons. The number of nitrogens with two attached hydrogens (primary N) is 1. The number of hydrogen-bond acceptors (Lipinski definition) is 4. The van der Waals surface area contributed by atoms with Gasteiger partial charge in [0.2, 0.25) is 0 Å². The van der Waals surface area contributed by atoms with Gasteiger partial charge in [0.05, 0.1) is 30.8 Å². The van der Waals surface area contributed by atoms with Gasteiger partial charge in [-0.2, -0.15) is 0 Å². The van der Waals surface area contributed by atoms with Gasteiger partial charge in [-0.05, 0) is 46.6 Å². The van der Waals surface area contributed by atoms with Crippen molar-refractivity contribution in [3.63, 3.8) is 0 Å². The molecule has 0 aliphatic heterocycles. The second-order valence-electron chi connectivity index (χ2n) is 4.54. The van der Waals surface area contributed by atoms with E-state index in [-0.39, 0.29) is 0 Å².